The number of nitrogen functional groups attached to an aromatic ring is 1. The molecule has 1 aliphatic rings. The van der Waals surface area contributed by atoms with Crippen LogP contribution in [0.1, 0.15) is 23.3 Å². The van der Waals surface area contributed by atoms with E-state index < -0.39 is 0 Å². The summed E-state index contributed by atoms with van der Waals surface area (Å²) in [6.45, 7) is 1.41. The topological polar surface area (TPSA) is 68.5 Å². The molecule has 0 aliphatic carbocycles. The molecule has 5 nitrogen and oxygen atoms in total. The van der Waals surface area contributed by atoms with E-state index in [1.54, 1.807) is 24.1 Å². The summed E-state index contributed by atoms with van der Waals surface area (Å²) in [6, 6.07) is 3.32. The van der Waals surface area contributed by atoms with Crippen LogP contribution in [0.2, 0.25) is 0 Å². The maximum absolute atomic E-state index is 12.0. The first-order valence-electron chi connectivity index (χ1n) is 5.75. The average Bonchev–Trinajstić information content (AvgIpc) is 2.82. The van der Waals surface area contributed by atoms with E-state index in [4.69, 9.17) is 10.5 Å². The van der Waals surface area contributed by atoms with Gasteiger partial charge in [0.15, 0.2) is 0 Å². The van der Waals surface area contributed by atoms with Crippen molar-refractivity contribution in [1.29, 1.82) is 0 Å². The van der Waals surface area contributed by atoms with E-state index in [0.717, 1.165) is 19.4 Å². The van der Waals surface area contributed by atoms with Crippen molar-refractivity contribution in [3.05, 3.63) is 24.0 Å². The second kappa shape index (κ2) is 5.14. The summed E-state index contributed by atoms with van der Waals surface area (Å²) < 4.78 is 5.49. The average molecular weight is 235 g/mol. The summed E-state index contributed by atoms with van der Waals surface area (Å²) in [4.78, 5) is 17.7. The molecule has 92 valence electrons. The molecule has 2 N–H and O–H groups in total. The number of hydrogen-bond donors (Lipinski definition) is 1. The molecule has 0 bridgehead atoms. The summed E-state index contributed by atoms with van der Waals surface area (Å²) >= 11 is 0. The van der Waals surface area contributed by atoms with Crippen molar-refractivity contribution < 1.29 is 9.53 Å². The molecule has 0 radical (unpaired) electrons. The monoisotopic (exact) mass is 235 g/mol. The van der Waals surface area contributed by atoms with Crippen molar-refractivity contribution in [1.82, 2.24) is 9.88 Å². The zero-order valence-corrected chi connectivity index (χ0v) is 9.93. The number of rotatable bonds is 3. The molecule has 0 aromatic carbocycles. The highest BCUT2D eigenvalue weighted by Crippen LogP contribution is 2.13. The third-order valence-corrected chi connectivity index (χ3v) is 2.85. The van der Waals surface area contributed by atoms with Gasteiger partial charge in [-0.1, -0.05) is 0 Å². The van der Waals surface area contributed by atoms with Gasteiger partial charge in [-0.15, -0.1) is 0 Å². The summed E-state index contributed by atoms with van der Waals surface area (Å²) in [7, 11) is 1.77. The number of ether oxygens (including phenoxy) is 1. The smallest absolute Gasteiger partial charge is 0.272 e. The third-order valence-electron chi connectivity index (χ3n) is 2.85. The van der Waals surface area contributed by atoms with E-state index in [-0.39, 0.29) is 12.0 Å². The number of aromatic nitrogens is 1. The zero-order valence-electron chi connectivity index (χ0n) is 9.93. The molecule has 0 saturated carbocycles. The van der Waals surface area contributed by atoms with Crippen LogP contribution in [0.3, 0.4) is 0 Å². The van der Waals surface area contributed by atoms with Crippen molar-refractivity contribution in [2.24, 2.45) is 0 Å². The van der Waals surface area contributed by atoms with Gasteiger partial charge in [0.05, 0.1) is 18.0 Å². The molecule has 5 heteroatoms. The number of anilines is 1. The fourth-order valence-corrected chi connectivity index (χ4v) is 1.90. The van der Waals surface area contributed by atoms with E-state index in [1.165, 1.54) is 6.20 Å². The lowest BCUT2D eigenvalue weighted by atomic mass is 10.2. The van der Waals surface area contributed by atoms with Gasteiger partial charge >= 0.3 is 0 Å². The summed E-state index contributed by atoms with van der Waals surface area (Å²) in [6.07, 6.45) is 3.75. The minimum absolute atomic E-state index is 0.0968. The first-order valence-corrected chi connectivity index (χ1v) is 5.75. The normalized spacial score (nSPS) is 19.2. The second-order valence-electron chi connectivity index (χ2n) is 4.30. The summed E-state index contributed by atoms with van der Waals surface area (Å²) in [5, 5.41) is 0. The van der Waals surface area contributed by atoms with Crippen LogP contribution < -0.4 is 5.73 Å². The van der Waals surface area contributed by atoms with E-state index in [2.05, 4.69) is 4.98 Å². The van der Waals surface area contributed by atoms with E-state index >= 15 is 0 Å². The maximum Gasteiger partial charge on any atom is 0.272 e. The van der Waals surface area contributed by atoms with Crippen LogP contribution in [0.15, 0.2) is 18.3 Å². The molecular weight excluding hydrogens is 218 g/mol. The van der Waals surface area contributed by atoms with Gasteiger partial charge in [0.1, 0.15) is 5.69 Å². The lowest BCUT2D eigenvalue weighted by Crippen LogP contribution is -2.34. The molecule has 1 amide bonds. The van der Waals surface area contributed by atoms with Crippen LogP contribution >= 0.6 is 0 Å². The molecule has 0 spiro atoms. The molecule has 1 aromatic heterocycles. The van der Waals surface area contributed by atoms with Crippen LogP contribution in [0.25, 0.3) is 0 Å². The van der Waals surface area contributed by atoms with Crippen molar-refractivity contribution >= 4 is 11.6 Å². The number of nitrogens with zero attached hydrogens (tertiary/aromatic N) is 2. The molecule has 1 aliphatic heterocycles. The number of pyridine rings is 1. The highest BCUT2D eigenvalue weighted by Gasteiger charge is 2.21. The molecule has 1 unspecified atom stereocenters. The minimum Gasteiger partial charge on any atom is -0.397 e. The van der Waals surface area contributed by atoms with Crippen molar-refractivity contribution in [2.75, 3.05) is 25.9 Å². The van der Waals surface area contributed by atoms with Gasteiger partial charge in [0.2, 0.25) is 0 Å². The van der Waals surface area contributed by atoms with Gasteiger partial charge in [0.25, 0.3) is 5.91 Å². The Hall–Kier alpha value is -1.62. The van der Waals surface area contributed by atoms with E-state index in [1.807, 2.05) is 0 Å². The molecule has 1 saturated heterocycles. The first-order chi connectivity index (χ1) is 8.16. The van der Waals surface area contributed by atoms with Crippen LogP contribution in [0.5, 0.6) is 0 Å². The van der Waals surface area contributed by atoms with Gasteiger partial charge in [-0.3, -0.25) is 4.79 Å². The number of likely N-dealkylation sites (N-methyl/N-ethyl adjacent to an activating group) is 1. The Morgan fingerprint density at radius 3 is 3.06 bits per heavy atom. The number of hydrogen-bond acceptors (Lipinski definition) is 4. The molecular formula is C12H17N3O2. The molecule has 1 atom stereocenters. The largest absolute Gasteiger partial charge is 0.397 e. The lowest BCUT2D eigenvalue weighted by molar-refractivity contribution is 0.0583. The first kappa shape index (κ1) is 11.9. The van der Waals surface area contributed by atoms with E-state index in [0.29, 0.717) is 17.9 Å². The van der Waals surface area contributed by atoms with Gasteiger partial charge < -0.3 is 15.4 Å². The Kier molecular flexibility index (Phi) is 3.58. The van der Waals surface area contributed by atoms with Gasteiger partial charge in [0, 0.05) is 20.2 Å². The fourth-order valence-electron chi connectivity index (χ4n) is 1.90. The van der Waals surface area contributed by atoms with Crippen LogP contribution in [-0.4, -0.2) is 42.1 Å². The highest BCUT2D eigenvalue weighted by atomic mass is 16.5. The number of carbonyl (C=O) groups excluding carboxylic acids is 1. The van der Waals surface area contributed by atoms with E-state index in [9.17, 15) is 4.79 Å². The lowest BCUT2D eigenvalue weighted by Gasteiger charge is -2.20. The van der Waals surface area contributed by atoms with Crippen LogP contribution in [0.4, 0.5) is 5.69 Å². The third kappa shape index (κ3) is 2.94. The molecule has 1 aromatic rings. The van der Waals surface area contributed by atoms with Crippen LogP contribution in [0, 0.1) is 0 Å². The minimum atomic E-state index is -0.0968. The Balaban J connectivity index is 1.96. The predicted octanol–water partition coefficient (Wildman–Crippen LogP) is 0.915. The molecule has 1 fully saturated rings. The number of amides is 1. The summed E-state index contributed by atoms with van der Waals surface area (Å²) in [5.41, 5.74) is 6.50. The molecule has 2 heterocycles. The number of carbonyl (C=O) groups is 1. The Labute approximate surface area is 101 Å². The second-order valence-corrected chi connectivity index (χ2v) is 4.30. The SMILES string of the molecule is CN(CC1CCCO1)C(=O)c1ccc(N)cn1. The summed E-state index contributed by atoms with van der Waals surface area (Å²) in [5.74, 6) is -0.0968. The Morgan fingerprint density at radius 1 is 1.65 bits per heavy atom. The zero-order chi connectivity index (χ0) is 12.3. The van der Waals surface area contributed by atoms with Gasteiger partial charge in [-0.2, -0.15) is 0 Å². The Bertz CT molecular complexity index is 385. The Morgan fingerprint density at radius 2 is 2.47 bits per heavy atom. The quantitative estimate of drug-likeness (QED) is 0.845. The van der Waals surface area contributed by atoms with Gasteiger partial charge in [-0.05, 0) is 25.0 Å². The molecule has 2 rings (SSSR count). The van der Waals surface area contributed by atoms with Gasteiger partial charge in [-0.25, -0.2) is 4.98 Å². The standard InChI is InChI=1S/C12H17N3O2/c1-15(8-10-3-2-6-17-10)12(16)11-5-4-9(13)7-14-11/h4-5,7,10H,2-3,6,8,13H2,1H3. The van der Waals surface area contributed by atoms with Crippen molar-refractivity contribution in [3.8, 4) is 0 Å². The molecule has 17 heavy (non-hydrogen) atoms. The number of nitrogens with two attached hydrogens (primary N) is 1. The van der Waals surface area contributed by atoms with Crippen molar-refractivity contribution in [2.45, 2.75) is 18.9 Å². The fraction of sp³-hybridized carbons (Fsp3) is 0.500. The maximum atomic E-state index is 12.0. The van der Waals surface area contributed by atoms with Crippen LogP contribution in [-0.2, 0) is 4.74 Å². The predicted molar refractivity (Wildman–Crippen MR) is 64.6 cm³/mol. The highest BCUT2D eigenvalue weighted by molar-refractivity contribution is 5.92. The van der Waals surface area contributed by atoms with Crippen molar-refractivity contribution in [3.63, 3.8) is 0 Å².